The van der Waals surface area contributed by atoms with E-state index in [0.29, 0.717) is 38.6 Å². The molecule has 1 saturated heterocycles. The smallest absolute Gasteiger partial charge is 0.317 e. The number of likely N-dealkylation sites (tertiary alicyclic amines) is 1. The van der Waals surface area contributed by atoms with Crippen molar-refractivity contribution >= 4 is 12.0 Å². The highest BCUT2D eigenvalue weighted by atomic mass is 19.1. The highest BCUT2D eigenvalue weighted by Gasteiger charge is 2.36. The zero-order chi connectivity index (χ0) is 14.0. The minimum absolute atomic E-state index is 0.0227. The minimum Gasteiger partial charge on any atom is -0.481 e. The molecule has 2 fully saturated rings. The molecule has 108 valence electrons. The Kier molecular flexibility index (Phi) is 3.96. The maximum atomic E-state index is 13.7. The first-order chi connectivity index (χ1) is 8.87. The number of carbonyl (C=O) groups excluding carboxylic acids is 1. The lowest BCUT2D eigenvalue weighted by molar-refractivity contribution is -0.142. The van der Waals surface area contributed by atoms with E-state index in [4.69, 9.17) is 5.11 Å². The van der Waals surface area contributed by atoms with Crippen LogP contribution in [0.15, 0.2) is 0 Å². The van der Waals surface area contributed by atoms with Gasteiger partial charge in [-0.15, -0.1) is 0 Å². The van der Waals surface area contributed by atoms with Crippen molar-refractivity contribution in [2.75, 3.05) is 13.1 Å². The molecule has 0 aromatic carbocycles. The van der Waals surface area contributed by atoms with Crippen molar-refractivity contribution in [1.29, 1.82) is 0 Å². The number of carbonyl (C=O) groups is 2. The van der Waals surface area contributed by atoms with Crippen molar-refractivity contribution in [2.45, 2.75) is 50.7 Å². The zero-order valence-corrected chi connectivity index (χ0v) is 11.2. The van der Waals surface area contributed by atoms with Crippen molar-refractivity contribution in [3.8, 4) is 0 Å². The van der Waals surface area contributed by atoms with E-state index in [1.165, 1.54) is 11.8 Å². The lowest BCUT2D eigenvalue weighted by atomic mass is 9.86. The summed E-state index contributed by atoms with van der Waals surface area (Å²) in [4.78, 5) is 24.3. The summed E-state index contributed by atoms with van der Waals surface area (Å²) >= 11 is 0. The average Bonchev–Trinajstić information content (AvgIpc) is 2.70. The second kappa shape index (κ2) is 5.35. The number of halogens is 1. The lowest BCUT2D eigenvalue weighted by Gasteiger charge is -2.28. The number of amides is 2. The highest BCUT2D eigenvalue weighted by Crippen LogP contribution is 2.26. The van der Waals surface area contributed by atoms with Gasteiger partial charge in [0.15, 0.2) is 0 Å². The van der Waals surface area contributed by atoms with Crippen LogP contribution in [0.2, 0.25) is 0 Å². The van der Waals surface area contributed by atoms with E-state index < -0.39 is 11.6 Å². The second-order valence-electron chi connectivity index (χ2n) is 5.92. The van der Waals surface area contributed by atoms with Gasteiger partial charge in [-0.05, 0) is 32.6 Å². The molecule has 0 radical (unpaired) electrons. The predicted molar refractivity (Wildman–Crippen MR) is 67.6 cm³/mol. The van der Waals surface area contributed by atoms with E-state index >= 15 is 0 Å². The Balaban J connectivity index is 1.77. The van der Waals surface area contributed by atoms with Crippen molar-refractivity contribution in [2.24, 2.45) is 5.92 Å². The van der Waals surface area contributed by atoms with Gasteiger partial charge in [0, 0.05) is 19.0 Å². The molecule has 1 unspecified atom stereocenters. The van der Waals surface area contributed by atoms with Gasteiger partial charge in [0.2, 0.25) is 0 Å². The Hall–Kier alpha value is -1.33. The van der Waals surface area contributed by atoms with Crippen molar-refractivity contribution in [3.63, 3.8) is 0 Å². The van der Waals surface area contributed by atoms with Crippen LogP contribution < -0.4 is 5.32 Å². The van der Waals surface area contributed by atoms with Crippen LogP contribution in [0.1, 0.15) is 39.0 Å². The van der Waals surface area contributed by atoms with Crippen LogP contribution in [0.25, 0.3) is 0 Å². The van der Waals surface area contributed by atoms with Crippen molar-refractivity contribution in [1.82, 2.24) is 10.2 Å². The van der Waals surface area contributed by atoms with Gasteiger partial charge in [-0.25, -0.2) is 9.18 Å². The summed E-state index contributed by atoms with van der Waals surface area (Å²) < 4.78 is 13.7. The third kappa shape index (κ3) is 3.58. The monoisotopic (exact) mass is 272 g/mol. The molecule has 2 N–H and O–H groups in total. The molecule has 5 nitrogen and oxygen atoms in total. The fourth-order valence-corrected chi connectivity index (χ4v) is 2.85. The molecule has 0 spiro atoms. The standard InChI is InChI=1S/C13H21FN2O3/c1-13(14)6-7-16(8-13)12(19)15-10-4-2-9(3-5-10)11(17)18/h9-10H,2-8H2,1H3,(H,15,19)(H,17,18). The van der Waals surface area contributed by atoms with E-state index in [-0.39, 0.29) is 24.5 Å². The van der Waals surface area contributed by atoms with Crippen LogP contribution in [0, 0.1) is 5.92 Å². The summed E-state index contributed by atoms with van der Waals surface area (Å²) in [5.41, 5.74) is -1.28. The molecule has 19 heavy (non-hydrogen) atoms. The highest BCUT2D eigenvalue weighted by molar-refractivity contribution is 5.75. The number of hydrogen-bond acceptors (Lipinski definition) is 2. The van der Waals surface area contributed by atoms with E-state index in [1.54, 1.807) is 0 Å². The van der Waals surface area contributed by atoms with Gasteiger partial charge in [0.1, 0.15) is 5.67 Å². The zero-order valence-electron chi connectivity index (χ0n) is 11.2. The first-order valence-electron chi connectivity index (χ1n) is 6.84. The quantitative estimate of drug-likeness (QED) is 0.805. The molecule has 0 aromatic heterocycles. The molecule has 1 saturated carbocycles. The fourth-order valence-electron chi connectivity index (χ4n) is 2.85. The van der Waals surface area contributed by atoms with E-state index in [9.17, 15) is 14.0 Å². The van der Waals surface area contributed by atoms with Gasteiger partial charge < -0.3 is 15.3 Å². The molecule has 0 aromatic rings. The number of hydrogen-bond donors (Lipinski definition) is 2. The molecule has 1 atom stereocenters. The molecule has 0 bridgehead atoms. The van der Waals surface area contributed by atoms with Gasteiger partial charge in [-0.1, -0.05) is 0 Å². The summed E-state index contributed by atoms with van der Waals surface area (Å²) in [7, 11) is 0. The van der Waals surface area contributed by atoms with Crippen molar-refractivity contribution < 1.29 is 19.1 Å². The number of carboxylic acid groups (broad SMARTS) is 1. The Morgan fingerprint density at radius 1 is 1.32 bits per heavy atom. The van der Waals surface area contributed by atoms with E-state index in [0.717, 1.165) is 0 Å². The maximum absolute atomic E-state index is 13.7. The summed E-state index contributed by atoms with van der Waals surface area (Å²) in [6.45, 7) is 2.10. The first kappa shape index (κ1) is 14.1. The number of carboxylic acids is 1. The van der Waals surface area contributed by atoms with Gasteiger partial charge in [0.05, 0.1) is 12.5 Å². The summed E-state index contributed by atoms with van der Waals surface area (Å²) in [5, 5.41) is 11.8. The summed E-state index contributed by atoms with van der Waals surface area (Å²) in [6.07, 6.45) is 2.95. The largest absolute Gasteiger partial charge is 0.481 e. The third-order valence-corrected chi connectivity index (χ3v) is 4.11. The Morgan fingerprint density at radius 3 is 2.42 bits per heavy atom. The third-order valence-electron chi connectivity index (χ3n) is 4.11. The molecule has 2 aliphatic rings. The van der Waals surface area contributed by atoms with E-state index in [2.05, 4.69) is 5.32 Å². The Labute approximate surface area is 112 Å². The van der Waals surface area contributed by atoms with Crippen LogP contribution in [0.5, 0.6) is 0 Å². The van der Waals surface area contributed by atoms with Crippen LogP contribution in [-0.2, 0) is 4.79 Å². The first-order valence-corrected chi connectivity index (χ1v) is 6.84. The molecule has 2 amide bonds. The molecular formula is C13H21FN2O3. The molecular weight excluding hydrogens is 251 g/mol. The number of nitrogens with one attached hydrogen (secondary N) is 1. The van der Waals surface area contributed by atoms with Crippen LogP contribution in [0.3, 0.4) is 0 Å². The normalized spacial score (nSPS) is 35.2. The molecule has 2 rings (SSSR count). The van der Waals surface area contributed by atoms with Gasteiger partial charge >= 0.3 is 12.0 Å². The van der Waals surface area contributed by atoms with E-state index in [1.807, 2.05) is 0 Å². The van der Waals surface area contributed by atoms with Crippen LogP contribution in [0.4, 0.5) is 9.18 Å². The maximum Gasteiger partial charge on any atom is 0.317 e. The SMILES string of the molecule is CC1(F)CCN(C(=O)NC2CCC(C(=O)O)CC2)C1. The molecule has 1 aliphatic carbocycles. The van der Waals surface area contributed by atoms with Gasteiger partial charge in [0.25, 0.3) is 0 Å². The Morgan fingerprint density at radius 2 is 1.95 bits per heavy atom. The second-order valence-corrected chi connectivity index (χ2v) is 5.92. The van der Waals surface area contributed by atoms with Crippen LogP contribution >= 0.6 is 0 Å². The number of alkyl halides is 1. The summed E-state index contributed by atoms with van der Waals surface area (Å²) in [6, 6.07) is -0.199. The number of aliphatic carboxylic acids is 1. The van der Waals surface area contributed by atoms with Crippen LogP contribution in [-0.4, -0.2) is 46.8 Å². The van der Waals surface area contributed by atoms with Gasteiger partial charge in [-0.3, -0.25) is 4.79 Å². The number of nitrogens with zero attached hydrogens (tertiary/aromatic N) is 1. The minimum atomic E-state index is -1.28. The number of rotatable bonds is 2. The predicted octanol–water partition coefficient (Wildman–Crippen LogP) is 1.77. The number of urea groups is 1. The molecule has 1 aliphatic heterocycles. The lowest BCUT2D eigenvalue weighted by Crippen LogP contribution is -2.46. The fraction of sp³-hybridized carbons (Fsp3) is 0.846. The van der Waals surface area contributed by atoms with Crippen molar-refractivity contribution in [3.05, 3.63) is 0 Å². The molecule has 1 heterocycles. The Bertz CT molecular complexity index is 365. The van der Waals surface area contributed by atoms with Gasteiger partial charge in [-0.2, -0.15) is 0 Å². The topological polar surface area (TPSA) is 69.6 Å². The average molecular weight is 272 g/mol. The summed E-state index contributed by atoms with van der Waals surface area (Å²) in [5.74, 6) is -1.04. The molecule has 6 heteroatoms.